The lowest BCUT2D eigenvalue weighted by molar-refractivity contribution is -0.479. The minimum absolute atomic E-state index is 0.0479. The van der Waals surface area contributed by atoms with Gasteiger partial charge in [0.1, 0.15) is 0 Å². The van der Waals surface area contributed by atoms with Gasteiger partial charge in [-0.05, 0) is 12.5 Å². The molecule has 1 atom stereocenters. The number of nitrogens with zero attached hydrogens (tertiary/aromatic N) is 1. The molecule has 4 nitrogen and oxygen atoms in total. The number of nitro groups is 1. The summed E-state index contributed by atoms with van der Waals surface area (Å²) in [7, 11) is 0. The van der Waals surface area contributed by atoms with Crippen LogP contribution in [0.5, 0.6) is 0 Å². The maximum absolute atomic E-state index is 10.6. The molecule has 0 spiro atoms. The van der Waals surface area contributed by atoms with E-state index in [0.717, 1.165) is 16.9 Å². The number of benzene rings is 1. The second-order valence-corrected chi connectivity index (χ2v) is 4.88. The number of nitrogens with two attached hydrogens (primary N) is 1. The molecule has 0 bridgehead atoms. The van der Waals surface area contributed by atoms with Crippen molar-refractivity contribution in [3.63, 3.8) is 0 Å². The standard InChI is InChI=1S/C11H16N2O2S/c1-9-2-4-10(5-3-9)11(8-13(14)15)16-7-6-12/h2-5,11H,6-8,12H2,1H3. The van der Waals surface area contributed by atoms with Crippen LogP contribution in [0.2, 0.25) is 0 Å². The first kappa shape index (κ1) is 13.0. The zero-order valence-electron chi connectivity index (χ0n) is 9.26. The smallest absolute Gasteiger partial charge is 0.219 e. The fraction of sp³-hybridized carbons (Fsp3) is 0.455. The van der Waals surface area contributed by atoms with Crippen molar-refractivity contribution in [2.24, 2.45) is 5.73 Å². The average molecular weight is 240 g/mol. The Balaban J connectivity index is 2.74. The average Bonchev–Trinajstić information content (AvgIpc) is 2.25. The van der Waals surface area contributed by atoms with Crippen molar-refractivity contribution in [2.45, 2.75) is 12.2 Å². The van der Waals surface area contributed by atoms with E-state index < -0.39 is 0 Å². The highest BCUT2D eigenvalue weighted by Gasteiger charge is 2.17. The Morgan fingerprint density at radius 2 is 2.06 bits per heavy atom. The van der Waals surface area contributed by atoms with Gasteiger partial charge in [0.05, 0.1) is 5.25 Å². The molecule has 2 N–H and O–H groups in total. The van der Waals surface area contributed by atoms with E-state index >= 15 is 0 Å². The third-order valence-electron chi connectivity index (χ3n) is 2.20. The maximum Gasteiger partial charge on any atom is 0.219 e. The summed E-state index contributed by atoms with van der Waals surface area (Å²) in [5, 5.41) is 10.5. The zero-order chi connectivity index (χ0) is 12.0. The van der Waals surface area contributed by atoms with Crippen LogP contribution in [0.15, 0.2) is 24.3 Å². The van der Waals surface area contributed by atoms with Gasteiger partial charge >= 0.3 is 0 Å². The summed E-state index contributed by atoms with van der Waals surface area (Å²) in [6.07, 6.45) is 0. The van der Waals surface area contributed by atoms with Gasteiger partial charge in [-0.25, -0.2) is 0 Å². The molecule has 0 radical (unpaired) electrons. The molecule has 88 valence electrons. The number of hydrogen-bond donors (Lipinski definition) is 1. The largest absolute Gasteiger partial charge is 0.330 e. The van der Waals surface area contributed by atoms with E-state index in [4.69, 9.17) is 5.73 Å². The molecule has 0 saturated heterocycles. The zero-order valence-corrected chi connectivity index (χ0v) is 10.1. The molecule has 0 aliphatic heterocycles. The second kappa shape index (κ2) is 6.50. The predicted molar refractivity (Wildman–Crippen MR) is 67.3 cm³/mol. The Kier molecular flexibility index (Phi) is 5.28. The van der Waals surface area contributed by atoms with Crippen LogP contribution in [-0.2, 0) is 0 Å². The fourth-order valence-electron chi connectivity index (χ4n) is 1.38. The van der Waals surface area contributed by atoms with Crippen LogP contribution >= 0.6 is 11.8 Å². The molecule has 0 aliphatic rings. The monoisotopic (exact) mass is 240 g/mol. The van der Waals surface area contributed by atoms with Crippen molar-refractivity contribution in [2.75, 3.05) is 18.8 Å². The van der Waals surface area contributed by atoms with E-state index in [0.29, 0.717) is 6.54 Å². The summed E-state index contributed by atoms with van der Waals surface area (Å²) in [4.78, 5) is 10.3. The number of rotatable bonds is 6. The summed E-state index contributed by atoms with van der Waals surface area (Å²) in [6, 6.07) is 7.86. The Labute approximate surface area is 99.4 Å². The predicted octanol–water partition coefficient (Wildman–Crippen LogP) is 2.00. The summed E-state index contributed by atoms with van der Waals surface area (Å²) >= 11 is 1.54. The molecule has 16 heavy (non-hydrogen) atoms. The fourth-order valence-corrected chi connectivity index (χ4v) is 2.38. The third-order valence-corrected chi connectivity index (χ3v) is 3.50. The Morgan fingerprint density at radius 3 is 2.56 bits per heavy atom. The first-order valence-corrected chi connectivity index (χ1v) is 6.18. The molecule has 1 aromatic carbocycles. The summed E-state index contributed by atoms with van der Waals surface area (Å²) < 4.78 is 0. The minimum atomic E-state index is -0.270. The van der Waals surface area contributed by atoms with Crippen LogP contribution in [-0.4, -0.2) is 23.8 Å². The highest BCUT2D eigenvalue weighted by Crippen LogP contribution is 2.28. The van der Waals surface area contributed by atoms with E-state index in [1.807, 2.05) is 31.2 Å². The van der Waals surface area contributed by atoms with Gasteiger partial charge < -0.3 is 5.73 Å². The molecule has 1 rings (SSSR count). The Hall–Kier alpha value is -1.07. The molecule has 0 saturated carbocycles. The summed E-state index contributed by atoms with van der Waals surface area (Å²) in [6.45, 7) is 2.50. The number of aryl methyl sites for hydroxylation is 1. The SMILES string of the molecule is Cc1ccc(C(C[N+](=O)[O-])SCCN)cc1. The lowest BCUT2D eigenvalue weighted by Crippen LogP contribution is -2.12. The third kappa shape index (κ3) is 4.20. The quantitative estimate of drug-likeness (QED) is 0.610. The van der Waals surface area contributed by atoms with Gasteiger partial charge in [-0.3, -0.25) is 10.1 Å². The molecule has 1 unspecified atom stereocenters. The first-order valence-electron chi connectivity index (χ1n) is 5.13. The topological polar surface area (TPSA) is 69.2 Å². The highest BCUT2D eigenvalue weighted by molar-refractivity contribution is 7.99. The van der Waals surface area contributed by atoms with Gasteiger partial charge in [-0.1, -0.05) is 29.8 Å². The molecular weight excluding hydrogens is 224 g/mol. The van der Waals surface area contributed by atoms with Crippen LogP contribution in [0.25, 0.3) is 0 Å². The normalized spacial score (nSPS) is 12.4. The van der Waals surface area contributed by atoms with Crippen LogP contribution in [0.4, 0.5) is 0 Å². The summed E-state index contributed by atoms with van der Waals surface area (Å²) in [5.74, 6) is 0.742. The molecular formula is C11H16N2O2S. The van der Waals surface area contributed by atoms with E-state index in [9.17, 15) is 10.1 Å². The van der Waals surface area contributed by atoms with Crippen LogP contribution in [0, 0.1) is 17.0 Å². The van der Waals surface area contributed by atoms with E-state index in [2.05, 4.69) is 0 Å². The van der Waals surface area contributed by atoms with Crippen molar-refractivity contribution >= 4 is 11.8 Å². The Bertz CT molecular complexity index is 340. The molecule has 0 heterocycles. The Morgan fingerprint density at radius 1 is 1.44 bits per heavy atom. The molecule has 0 aliphatic carbocycles. The van der Waals surface area contributed by atoms with E-state index in [-0.39, 0.29) is 16.7 Å². The van der Waals surface area contributed by atoms with Crippen LogP contribution in [0.3, 0.4) is 0 Å². The van der Waals surface area contributed by atoms with Crippen molar-refractivity contribution < 1.29 is 4.92 Å². The van der Waals surface area contributed by atoms with Crippen molar-refractivity contribution in [3.8, 4) is 0 Å². The minimum Gasteiger partial charge on any atom is -0.330 e. The van der Waals surface area contributed by atoms with Crippen molar-refractivity contribution in [1.82, 2.24) is 0 Å². The van der Waals surface area contributed by atoms with Crippen LogP contribution in [0.1, 0.15) is 16.4 Å². The molecule has 0 fully saturated rings. The lowest BCUT2D eigenvalue weighted by Gasteiger charge is -2.12. The molecule has 0 amide bonds. The molecule has 1 aromatic rings. The van der Waals surface area contributed by atoms with Gasteiger partial charge in [0.2, 0.25) is 6.54 Å². The molecule has 5 heteroatoms. The van der Waals surface area contributed by atoms with Gasteiger partial charge in [-0.15, -0.1) is 11.8 Å². The van der Waals surface area contributed by atoms with Crippen molar-refractivity contribution in [1.29, 1.82) is 0 Å². The maximum atomic E-state index is 10.6. The second-order valence-electron chi connectivity index (χ2n) is 3.57. The first-order chi connectivity index (χ1) is 7.63. The van der Waals surface area contributed by atoms with Gasteiger partial charge in [0, 0.05) is 17.2 Å². The van der Waals surface area contributed by atoms with Gasteiger partial charge in [0.25, 0.3) is 0 Å². The summed E-state index contributed by atoms with van der Waals surface area (Å²) in [5.41, 5.74) is 7.58. The van der Waals surface area contributed by atoms with E-state index in [1.54, 1.807) is 11.8 Å². The number of thioether (sulfide) groups is 1. The number of hydrogen-bond acceptors (Lipinski definition) is 4. The highest BCUT2D eigenvalue weighted by atomic mass is 32.2. The van der Waals surface area contributed by atoms with E-state index in [1.165, 1.54) is 0 Å². The van der Waals surface area contributed by atoms with Gasteiger partial charge in [0.15, 0.2) is 0 Å². The lowest BCUT2D eigenvalue weighted by atomic mass is 10.1. The van der Waals surface area contributed by atoms with Gasteiger partial charge in [-0.2, -0.15) is 0 Å². The molecule has 0 aromatic heterocycles. The van der Waals surface area contributed by atoms with Crippen molar-refractivity contribution in [3.05, 3.63) is 45.5 Å². The van der Waals surface area contributed by atoms with Crippen LogP contribution < -0.4 is 5.73 Å².